The Morgan fingerprint density at radius 3 is 1.16 bits per heavy atom. The van der Waals surface area contributed by atoms with E-state index in [0.29, 0.717) is 158 Å². The van der Waals surface area contributed by atoms with Crippen LogP contribution in [0.3, 0.4) is 0 Å². The molecule has 0 atom stereocenters. The van der Waals surface area contributed by atoms with Gasteiger partial charge in [-0.3, -0.25) is 33.1 Å². The molecule has 568 valence electrons. The van der Waals surface area contributed by atoms with Crippen LogP contribution in [0.4, 0.5) is 4.79 Å². The molecule has 0 saturated heterocycles. The van der Waals surface area contributed by atoms with Crippen LogP contribution < -0.4 is 28.3 Å². The van der Waals surface area contributed by atoms with E-state index in [9.17, 15) is 28.8 Å². The highest BCUT2D eigenvalue weighted by Gasteiger charge is 2.24. The summed E-state index contributed by atoms with van der Waals surface area (Å²) in [5.41, 5.74) is 28.6. The van der Waals surface area contributed by atoms with E-state index >= 15 is 0 Å². The highest BCUT2D eigenvalue weighted by molar-refractivity contribution is 6.31. The maximum atomic E-state index is 13.5. The summed E-state index contributed by atoms with van der Waals surface area (Å²) in [5, 5.41) is 5.60. The topological polar surface area (TPSA) is 275 Å². The SMILES string of the molecule is CC(C)(C)OC(=O)NCCOCCN.CC/C=C\C/C=C\C/C=C\C/C=C\C/C=C\C/C=C\CCC(=O)CCCOCCCC(=O)Cc1c(C)n(C(=O)c2ccc(Cl)cc2)c2ccc(C)cc12.Cc1ccc2c(c1)c(CC(=O)CCCOCCN)c(C)n2C(=O)c1ccc(Cl)cc1.NCCOCCN. The summed E-state index contributed by atoms with van der Waals surface area (Å²) in [6.07, 6.45) is 36.8. The van der Waals surface area contributed by atoms with Gasteiger partial charge in [0.25, 0.3) is 11.8 Å². The van der Waals surface area contributed by atoms with E-state index in [1.54, 1.807) is 57.7 Å². The van der Waals surface area contributed by atoms with Crippen molar-refractivity contribution >= 4 is 80.3 Å². The Kier molecular flexibility index (Phi) is 47.0. The number of nitrogens with one attached hydrogen (secondary N) is 1. The number of hydrogen-bond acceptors (Lipinski definition) is 15. The summed E-state index contributed by atoms with van der Waals surface area (Å²) in [4.78, 5) is 75.7. The highest BCUT2D eigenvalue weighted by atomic mass is 35.5. The zero-order valence-corrected chi connectivity index (χ0v) is 64.5. The van der Waals surface area contributed by atoms with Crippen molar-refractivity contribution in [2.75, 3.05) is 85.6 Å². The van der Waals surface area contributed by atoms with Crippen LogP contribution in [0.2, 0.25) is 10.0 Å². The van der Waals surface area contributed by atoms with E-state index in [1.165, 1.54) is 0 Å². The number of alkyl carbamates (subject to hydrolysis) is 1. The second kappa shape index (κ2) is 54.0. The van der Waals surface area contributed by atoms with Crippen LogP contribution in [-0.2, 0) is 50.9 Å². The Bertz CT molecular complexity index is 3700. The molecule has 0 saturated carbocycles. The molecule has 0 aliphatic heterocycles. The van der Waals surface area contributed by atoms with Gasteiger partial charge in [0.15, 0.2) is 0 Å². The van der Waals surface area contributed by atoms with Gasteiger partial charge in [0.05, 0.1) is 44.1 Å². The number of aryl methyl sites for hydroxylation is 2. The molecule has 18 nitrogen and oxygen atoms in total. The Morgan fingerprint density at radius 2 is 0.788 bits per heavy atom. The molecule has 0 spiro atoms. The van der Waals surface area contributed by atoms with Gasteiger partial charge >= 0.3 is 6.09 Å². The maximum absolute atomic E-state index is 13.5. The molecule has 0 aliphatic rings. The molecule has 104 heavy (non-hydrogen) atoms. The van der Waals surface area contributed by atoms with Crippen molar-refractivity contribution in [3.8, 4) is 0 Å². The van der Waals surface area contributed by atoms with E-state index in [1.807, 2.05) is 84.9 Å². The van der Waals surface area contributed by atoms with Crippen molar-refractivity contribution < 1.29 is 52.5 Å². The first-order valence-electron chi connectivity index (χ1n) is 36.5. The number of nitrogens with zero attached hydrogens (tertiary/aromatic N) is 2. The number of aromatic nitrogens is 2. The first-order valence-corrected chi connectivity index (χ1v) is 37.2. The first-order chi connectivity index (χ1) is 50.1. The molecular weight excluding hydrogens is 1350 g/mol. The fraction of sp³-hybridized carbons (Fsp3) is 0.452. The minimum absolute atomic E-state index is 0.112. The summed E-state index contributed by atoms with van der Waals surface area (Å²) >= 11 is 12.0. The Hall–Kier alpha value is -7.72. The molecule has 0 unspecified atom stereocenters. The minimum Gasteiger partial charge on any atom is -0.444 e. The third-order valence-corrected chi connectivity index (χ3v) is 16.2. The molecule has 6 aromatic rings. The fourth-order valence-corrected chi connectivity index (χ4v) is 10.8. The molecule has 0 aliphatic carbocycles. The highest BCUT2D eigenvalue weighted by Crippen LogP contribution is 2.31. The Morgan fingerprint density at radius 1 is 0.442 bits per heavy atom. The lowest BCUT2D eigenvalue weighted by atomic mass is 10.0. The molecular formula is C84H117Cl2N7O11. The van der Waals surface area contributed by atoms with Crippen LogP contribution >= 0.6 is 23.2 Å². The summed E-state index contributed by atoms with van der Waals surface area (Å²) in [6, 6.07) is 25.6. The number of allylic oxidation sites excluding steroid dienone is 12. The number of hydrogen-bond donors (Lipinski definition) is 5. The molecule has 4 aromatic carbocycles. The fourth-order valence-electron chi connectivity index (χ4n) is 10.6. The summed E-state index contributed by atoms with van der Waals surface area (Å²) < 4.78 is 29.5. The molecule has 2 aromatic heterocycles. The Labute approximate surface area is 628 Å². The van der Waals surface area contributed by atoms with Crippen LogP contribution in [0.5, 0.6) is 0 Å². The number of ketones is 3. The number of benzene rings is 4. The normalized spacial score (nSPS) is 11.7. The number of carbonyl (C=O) groups is 6. The van der Waals surface area contributed by atoms with Gasteiger partial charge in [0.1, 0.15) is 23.0 Å². The van der Waals surface area contributed by atoms with E-state index in [4.69, 9.17) is 69.8 Å². The zero-order valence-electron chi connectivity index (χ0n) is 63.0. The molecule has 20 heteroatoms. The van der Waals surface area contributed by atoms with Gasteiger partial charge < -0.3 is 51.9 Å². The molecule has 9 N–H and O–H groups in total. The van der Waals surface area contributed by atoms with Gasteiger partial charge in [0, 0.05) is 134 Å². The molecule has 0 fully saturated rings. The van der Waals surface area contributed by atoms with Crippen molar-refractivity contribution in [2.24, 2.45) is 22.9 Å². The van der Waals surface area contributed by atoms with Crippen LogP contribution in [0, 0.1) is 27.7 Å². The largest absolute Gasteiger partial charge is 0.444 e. The van der Waals surface area contributed by atoms with E-state index in [2.05, 4.69) is 85.2 Å². The van der Waals surface area contributed by atoms with Crippen LogP contribution in [0.1, 0.15) is 172 Å². The average molecular weight is 1470 g/mol. The number of rotatable bonds is 43. The molecule has 1 amide bonds. The quantitative estimate of drug-likeness (QED) is 0.0176. The lowest BCUT2D eigenvalue weighted by Gasteiger charge is -2.19. The van der Waals surface area contributed by atoms with Crippen molar-refractivity contribution in [3.05, 3.63) is 213 Å². The number of amides is 1. The standard InChI is InChI=1S/C47H58ClNO4.C24H27ClN2O3.C9H20N2O3.C4H12N2O/c1-4-5-6-7-8-9-10-11-12-13-14-15-16-17-18-19-20-21-22-25-42(50)26-23-34-53-35-24-27-43(51)37-44-39(3)49(46-33-28-38(2)36-45(44)46)47(52)40-29-31-41(48)32-30-40;1-16-5-10-23-22(14-16)21(15-20(28)4-3-12-30-13-11-26)17(2)27(23)24(29)18-6-8-19(25)9-7-18;1-9(2,3)14-8(12)11-5-7-13-6-4-10;5-1-3-7-4-2-6/h5-6,8-9,11-12,14-15,17-18,20-21,28-33,36H,4,7,10,13,16,19,22-27,34-35,37H2,1-3H3;5-10,14H,3-4,11-13,15,26H2,1-2H3;4-7,10H2,1-3H3,(H,11,12);1-6H2/b6-5-,9-8-,12-11-,15-14-,18-17-,21-20-;;;. The first kappa shape index (κ1) is 90.5. The monoisotopic (exact) mass is 1470 g/mol. The smallest absolute Gasteiger partial charge is 0.407 e. The zero-order chi connectivity index (χ0) is 76.3. The predicted molar refractivity (Wildman–Crippen MR) is 426 cm³/mol. The van der Waals surface area contributed by atoms with Gasteiger partial charge in [0.2, 0.25) is 0 Å². The lowest BCUT2D eigenvalue weighted by Crippen LogP contribution is -2.34. The Balaban J connectivity index is 0.000000455. The number of nitrogens with two attached hydrogens (primary N) is 4. The van der Waals surface area contributed by atoms with Crippen molar-refractivity contribution in [3.63, 3.8) is 0 Å². The van der Waals surface area contributed by atoms with E-state index in [-0.39, 0.29) is 35.6 Å². The minimum atomic E-state index is -0.456. The van der Waals surface area contributed by atoms with Gasteiger partial charge in [-0.25, -0.2) is 4.79 Å². The van der Waals surface area contributed by atoms with Crippen LogP contribution in [0.25, 0.3) is 21.8 Å². The van der Waals surface area contributed by atoms with Gasteiger partial charge in [-0.05, 0) is 197 Å². The predicted octanol–water partition coefficient (Wildman–Crippen LogP) is 16.2. The molecule has 6 rings (SSSR count). The second-order valence-corrected chi connectivity index (χ2v) is 26.6. The summed E-state index contributed by atoms with van der Waals surface area (Å²) in [5.74, 6) is 0.219. The van der Waals surface area contributed by atoms with Gasteiger partial charge in [-0.1, -0.05) is 126 Å². The van der Waals surface area contributed by atoms with Crippen molar-refractivity contribution in [1.82, 2.24) is 14.5 Å². The number of halogens is 2. The average Bonchev–Trinajstić information content (AvgIpc) is 1.62. The van der Waals surface area contributed by atoms with E-state index < -0.39 is 11.7 Å². The van der Waals surface area contributed by atoms with Gasteiger partial charge in [-0.2, -0.15) is 0 Å². The number of fused-ring (bicyclic) bond motifs is 2. The third-order valence-electron chi connectivity index (χ3n) is 15.7. The van der Waals surface area contributed by atoms with Crippen molar-refractivity contribution in [2.45, 2.75) is 164 Å². The number of carbonyl (C=O) groups excluding carboxylic acids is 6. The number of ether oxygens (including phenoxy) is 5. The van der Waals surface area contributed by atoms with E-state index in [0.717, 1.165) is 100 Å². The second-order valence-electron chi connectivity index (χ2n) is 25.7. The molecule has 0 radical (unpaired) electrons. The third kappa shape index (κ3) is 37.3. The van der Waals surface area contributed by atoms with Gasteiger partial charge in [-0.15, -0.1) is 0 Å². The van der Waals surface area contributed by atoms with Crippen LogP contribution in [0.15, 0.2) is 158 Å². The molecule has 0 bridgehead atoms. The lowest BCUT2D eigenvalue weighted by molar-refractivity contribution is -0.119. The summed E-state index contributed by atoms with van der Waals surface area (Å²) in [6.45, 7) is 22.2. The summed E-state index contributed by atoms with van der Waals surface area (Å²) in [7, 11) is 0. The molecule has 2 heterocycles. The van der Waals surface area contributed by atoms with Crippen LogP contribution in [-0.4, -0.2) is 136 Å². The maximum Gasteiger partial charge on any atom is 0.407 e. The number of Topliss-reactive ketones (excluding diaryl/α,β-unsaturated/α-hetero) is 3. The van der Waals surface area contributed by atoms with Crippen molar-refractivity contribution in [1.29, 1.82) is 0 Å².